The van der Waals surface area contributed by atoms with E-state index >= 15 is 0 Å². The molecule has 5 nitrogen and oxygen atoms in total. The summed E-state index contributed by atoms with van der Waals surface area (Å²) in [4.78, 5) is 14.4. The number of hydrogen-bond donors (Lipinski definition) is 2. The lowest BCUT2D eigenvalue weighted by Crippen LogP contribution is -2.11. The Morgan fingerprint density at radius 1 is 1.67 bits per heavy atom. The van der Waals surface area contributed by atoms with Crippen molar-refractivity contribution in [1.82, 2.24) is 4.98 Å². The van der Waals surface area contributed by atoms with E-state index in [4.69, 9.17) is 5.73 Å². The quantitative estimate of drug-likeness (QED) is 0.649. The minimum atomic E-state index is -0.526. The molecule has 1 heterocycles. The highest BCUT2D eigenvalue weighted by molar-refractivity contribution is 5.84. The summed E-state index contributed by atoms with van der Waals surface area (Å²) in [6.07, 6.45) is 0.924. The van der Waals surface area contributed by atoms with Gasteiger partial charge in [-0.2, -0.15) is 0 Å². The zero-order valence-corrected chi connectivity index (χ0v) is 6.57. The Labute approximate surface area is 69.5 Å². The van der Waals surface area contributed by atoms with Crippen molar-refractivity contribution in [2.24, 2.45) is 0 Å². The lowest BCUT2D eigenvalue weighted by atomic mass is 10.4. The van der Waals surface area contributed by atoms with Gasteiger partial charge in [0, 0.05) is 0 Å². The van der Waals surface area contributed by atoms with Crippen LogP contribution < -0.4 is 11.1 Å². The van der Waals surface area contributed by atoms with Gasteiger partial charge in [-0.25, -0.2) is 9.78 Å². The molecule has 0 radical (unpaired) electrons. The molecule has 12 heavy (non-hydrogen) atoms. The number of nitrogen functional groups attached to an aromatic ring is 1. The van der Waals surface area contributed by atoms with Crippen LogP contribution in [0.2, 0.25) is 0 Å². The van der Waals surface area contributed by atoms with Crippen LogP contribution in [0.5, 0.6) is 0 Å². The van der Waals surface area contributed by atoms with E-state index in [0.717, 1.165) is 0 Å². The smallest absolute Gasteiger partial charge is 0.411 e. The number of hydrogen-bond acceptors (Lipinski definition) is 4. The number of methoxy groups -OCH3 is 1. The SMILES string of the molecule is COC(=O)Nc1ccc(N)nc1. The Balaban J connectivity index is 2.64. The second kappa shape index (κ2) is 3.56. The topological polar surface area (TPSA) is 77.2 Å². The summed E-state index contributed by atoms with van der Waals surface area (Å²) in [7, 11) is 1.29. The van der Waals surface area contributed by atoms with Crippen LogP contribution in [0.4, 0.5) is 16.3 Å². The minimum Gasteiger partial charge on any atom is -0.453 e. The first-order valence-electron chi connectivity index (χ1n) is 3.29. The predicted octanol–water partition coefficient (Wildman–Crippen LogP) is 0.842. The molecule has 0 aliphatic rings. The molecule has 0 aliphatic heterocycles. The summed E-state index contributed by atoms with van der Waals surface area (Å²) < 4.78 is 4.38. The van der Waals surface area contributed by atoms with Gasteiger partial charge in [-0.05, 0) is 12.1 Å². The molecule has 3 N–H and O–H groups in total. The van der Waals surface area contributed by atoms with Crippen LogP contribution >= 0.6 is 0 Å². The summed E-state index contributed by atoms with van der Waals surface area (Å²) in [5, 5.41) is 2.44. The lowest BCUT2D eigenvalue weighted by molar-refractivity contribution is 0.187. The van der Waals surface area contributed by atoms with E-state index in [1.807, 2.05) is 0 Å². The van der Waals surface area contributed by atoms with Crippen LogP contribution in [0.3, 0.4) is 0 Å². The largest absolute Gasteiger partial charge is 0.453 e. The molecule has 1 rings (SSSR count). The van der Waals surface area contributed by atoms with E-state index in [-0.39, 0.29) is 0 Å². The standard InChI is InChI=1S/C7H9N3O2/c1-12-7(11)10-5-2-3-6(8)9-4-5/h2-4H,1H3,(H2,8,9)(H,10,11). The summed E-state index contributed by atoms with van der Waals surface area (Å²) >= 11 is 0. The highest BCUT2D eigenvalue weighted by atomic mass is 16.5. The number of aromatic nitrogens is 1. The van der Waals surface area contributed by atoms with E-state index in [1.165, 1.54) is 13.3 Å². The van der Waals surface area contributed by atoms with Crippen molar-refractivity contribution in [3.8, 4) is 0 Å². The van der Waals surface area contributed by atoms with Gasteiger partial charge >= 0.3 is 6.09 Å². The molecule has 0 aliphatic carbocycles. The molecule has 1 amide bonds. The minimum absolute atomic E-state index is 0.408. The van der Waals surface area contributed by atoms with Crippen molar-refractivity contribution in [2.45, 2.75) is 0 Å². The predicted molar refractivity (Wildman–Crippen MR) is 44.7 cm³/mol. The fourth-order valence-corrected chi connectivity index (χ4v) is 0.648. The molecule has 1 aromatic heterocycles. The number of ether oxygens (including phenoxy) is 1. The molecule has 64 valence electrons. The van der Waals surface area contributed by atoms with Crippen molar-refractivity contribution < 1.29 is 9.53 Å². The number of nitrogens with two attached hydrogens (primary N) is 1. The van der Waals surface area contributed by atoms with Crippen molar-refractivity contribution in [3.63, 3.8) is 0 Å². The molecule has 5 heteroatoms. The van der Waals surface area contributed by atoms with Gasteiger partial charge in [-0.3, -0.25) is 5.32 Å². The number of rotatable bonds is 1. The van der Waals surface area contributed by atoms with Crippen molar-refractivity contribution in [2.75, 3.05) is 18.2 Å². The van der Waals surface area contributed by atoms with Crippen LogP contribution in [-0.4, -0.2) is 18.2 Å². The zero-order valence-electron chi connectivity index (χ0n) is 6.57. The highest BCUT2D eigenvalue weighted by Gasteiger charge is 1.98. The molecule has 0 saturated carbocycles. The maximum absolute atomic E-state index is 10.7. The average molecular weight is 167 g/mol. The molecule has 0 spiro atoms. The van der Waals surface area contributed by atoms with Crippen LogP contribution in [0.15, 0.2) is 18.3 Å². The molecule has 0 unspecified atom stereocenters. The van der Waals surface area contributed by atoms with Gasteiger partial charge in [0.1, 0.15) is 5.82 Å². The first kappa shape index (κ1) is 8.32. The molecule has 0 bridgehead atoms. The first-order valence-corrected chi connectivity index (χ1v) is 3.29. The Hall–Kier alpha value is -1.78. The van der Waals surface area contributed by atoms with E-state index in [1.54, 1.807) is 12.1 Å². The Bertz CT molecular complexity index is 270. The second-order valence-corrected chi connectivity index (χ2v) is 2.09. The van der Waals surface area contributed by atoms with Crippen LogP contribution in [0.1, 0.15) is 0 Å². The molecular formula is C7H9N3O2. The van der Waals surface area contributed by atoms with E-state index in [9.17, 15) is 4.79 Å². The van der Waals surface area contributed by atoms with Crippen molar-refractivity contribution in [1.29, 1.82) is 0 Å². The molecular weight excluding hydrogens is 158 g/mol. The normalized spacial score (nSPS) is 9.08. The van der Waals surface area contributed by atoms with Gasteiger partial charge in [0.2, 0.25) is 0 Å². The van der Waals surface area contributed by atoms with Gasteiger partial charge in [0.15, 0.2) is 0 Å². The third-order valence-corrected chi connectivity index (χ3v) is 1.22. The highest BCUT2D eigenvalue weighted by Crippen LogP contribution is 2.06. The molecule has 0 atom stereocenters. The Kier molecular flexibility index (Phi) is 2.47. The summed E-state index contributed by atoms with van der Waals surface area (Å²) in [5.41, 5.74) is 5.89. The summed E-state index contributed by atoms with van der Waals surface area (Å²) in [6.45, 7) is 0. The van der Waals surface area contributed by atoms with Crippen LogP contribution in [0.25, 0.3) is 0 Å². The van der Waals surface area contributed by atoms with E-state index in [0.29, 0.717) is 11.5 Å². The third kappa shape index (κ3) is 2.12. The van der Waals surface area contributed by atoms with E-state index in [2.05, 4.69) is 15.0 Å². The third-order valence-electron chi connectivity index (χ3n) is 1.22. The van der Waals surface area contributed by atoms with Gasteiger partial charge < -0.3 is 10.5 Å². The van der Waals surface area contributed by atoms with Crippen molar-refractivity contribution >= 4 is 17.6 Å². The van der Waals surface area contributed by atoms with Crippen molar-refractivity contribution in [3.05, 3.63) is 18.3 Å². The fourth-order valence-electron chi connectivity index (χ4n) is 0.648. The van der Waals surface area contributed by atoms with Crippen LogP contribution in [0, 0.1) is 0 Å². The van der Waals surface area contributed by atoms with Gasteiger partial charge in [-0.15, -0.1) is 0 Å². The number of amides is 1. The maximum Gasteiger partial charge on any atom is 0.411 e. The number of nitrogens with one attached hydrogen (secondary N) is 1. The average Bonchev–Trinajstić information content (AvgIpc) is 2.09. The van der Waals surface area contributed by atoms with Crippen LogP contribution in [-0.2, 0) is 4.74 Å². The van der Waals surface area contributed by atoms with Gasteiger partial charge in [-0.1, -0.05) is 0 Å². The number of anilines is 2. The molecule has 0 aromatic carbocycles. The molecule has 0 saturated heterocycles. The number of carbonyl (C=O) groups excluding carboxylic acids is 1. The number of carbonyl (C=O) groups is 1. The zero-order chi connectivity index (χ0) is 8.97. The Morgan fingerprint density at radius 3 is 2.92 bits per heavy atom. The van der Waals surface area contributed by atoms with Gasteiger partial charge in [0.05, 0.1) is 19.0 Å². The van der Waals surface area contributed by atoms with E-state index < -0.39 is 6.09 Å². The summed E-state index contributed by atoms with van der Waals surface area (Å²) in [5.74, 6) is 0.408. The second-order valence-electron chi connectivity index (χ2n) is 2.09. The number of pyridine rings is 1. The number of nitrogens with zero attached hydrogens (tertiary/aromatic N) is 1. The maximum atomic E-state index is 10.7. The Morgan fingerprint density at radius 2 is 2.42 bits per heavy atom. The fraction of sp³-hybridized carbons (Fsp3) is 0.143. The summed E-state index contributed by atoms with van der Waals surface area (Å²) in [6, 6.07) is 3.23. The lowest BCUT2D eigenvalue weighted by Gasteiger charge is -2.01. The molecule has 1 aromatic rings. The van der Waals surface area contributed by atoms with Gasteiger partial charge in [0.25, 0.3) is 0 Å². The first-order chi connectivity index (χ1) is 5.72. The molecule has 0 fully saturated rings. The monoisotopic (exact) mass is 167 g/mol.